The topological polar surface area (TPSA) is 84.5 Å². The molecular weight excluding hydrogens is 523 g/mol. The zero-order chi connectivity index (χ0) is 27.2. The number of thiophene rings is 1. The minimum Gasteiger partial charge on any atom is -0.462 e. The van der Waals surface area contributed by atoms with E-state index in [0.717, 1.165) is 34.6 Å². The quantitative estimate of drug-likeness (QED) is 0.221. The Morgan fingerprint density at radius 1 is 1.13 bits per heavy atom. The predicted molar refractivity (Wildman–Crippen MR) is 151 cm³/mol. The molecule has 3 aromatic rings. The number of fused-ring (bicyclic) bond motifs is 1. The lowest BCUT2D eigenvalue weighted by molar-refractivity contribution is -0.115. The molecule has 1 aromatic heterocycles. The van der Waals surface area contributed by atoms with Gasteiger partial charge in [-0.2, -0.15) is 0 Å². The summed E-state index contributed by atoms with van der Waals surface area (Å²) in [5.74, 6) is -0.792. The summed E-state index contributed by atoms with van der Waals surface area (Å²) in [4.78, 5) is 40.6. The lowest BCUT2D eigenvalue weighted by Crippen LogP contribution is -2.25. The SMILES string of the molecule is CCOC(=O)c1c(NC(=O)C(CC)Sc2cccc(NC(=O)c3ccc(F)cc3)c2)sc2c1CCC(C)C2. The number of rotatable bonds is 9. The van der Waals surface area contributed by atoms with Crippen LogP contribution >= 0.6 is 23.1 Å². The molecular formula is C29H31FN2O4S2. The first-order valence-electron chi connectivity index (χ1n) is 12.7. The molecule has 38 heavy (non-hydrogen) atoms. The van der Waals surface area contributed by atoms with Crippen LogP contribution in [0.4, 0.5) is 15.1 Å². The molecule has 2 aromatic carbocycles. The van der Waals surface area contributed by atoms with Gasteiger partial charge in [-0.15, -0.1) is 23.1 Å². The minimum atomic E-state index is -0.411. The van der Waals surface area contributed by atoms with Crippen LogP contribution in [0.5, 0.6) is 0 Å². The maximum absolute atomic E-state index is 13.4. The van der Waals surface area contributed by atoms with E-state index in [2.05, 4.69) is 17.6 Å². The van der Waals surface area contributed by atoms with Crippen LogP contribution in [0.1, 0.15) is 64.8 Å². The van der Waals surface area contributed by atoms with E-state index in [0.29, 0.717) is 34.2 Å². The van der Waals surface area contributed by atoms with Crippen molar-refractivity contribution in [1.82, 2.24) is 0 Å². The molecule has 0 aliphatic heterocycles. The van der Waals surface area contributed by atoms with Crippen molar-refractivity contribution in [3.05, 3.63) is 75.9 Å². The maximum atomic E-state index is 13.4. The van der Waals surface area contributed by atoms with E-state index >= 15 is 0 Å². The second-order valence-corrected chi connectivity index (χ2v) is 11.7. The van der Waals surface area contributed by atoms with Gasteiger partial charge in [0.2, 0.25) is 5.91 Å². The smallest absolute Gasteiger partial charge is 0.341 e. The van der Waals surface area contributed by atoms with E-state index in [1.807, 2.05) is 13.0 Å². The van der Waals surface area contributed by atoms with Crippen LogP contribution in [-0.2, 0) is 22.4 Å². The van der Waals surface area contributed by atoms with Crippen LogP contribution in [0.15, 0.2) is 53.4 Å². The molecule has 0 bridgehead atoms. The number of benzene rings is 2. The third-order valence-corrected chi connectivity index (χ3v) is 8.90. The Hall–Kier alpha value is -3.17. The minimum absolute atomic E-state index is 0.185. The highest BCUT2D eigenvalue weighted by Crippen LogP contribution is 2.40. The van der Waals surface area contributed by atoms with Gasteiger partial charge in [-0.1, -0.05) is 19.9 Å². The van der Waals surface area contributed by atoms with E-state index in [1.54, 1.807) is 25.1 Å². The van der Waals surface area contributed by atoms with Gasteiger partial charge in [0.15, 0.2) is 0 Å². The van der Waals surface area contributed by atoms with E-state index in [4.69, 9.17) is 4.74 Å². The lowest BCUT2D eigenvalue weighted by Gasteiger charge is -2.18. The van der Waals surface area contributed by atoms with Gasteiger partial charge in [-0.3, -0.25) is 9.59 Å². The summed E-state index contributed by atoms with van der Waals surface area (Å²) in [5, 5.41) is 5.99. The van der Waals surface area contributed by atoms with Crippen LogP contribution in [-0.4, -0.2) is 29.6 Å². The maximum Gasteiger partial charge on any atom is 0.341 e. The van der Waals surface area contributed by atoms with Crippen molar-refractivity contribution in [2.24, 2.45) is 5.92 Å². The highest BCUT2D eigenvalue weighted by Gasteiger charge is 2.30. The van der Waals surface area contributed by atoms with Crippen LogP contribution in [0, 0.1) is 11.7 Å². The van der Waals surface area contributed by atoms with Crippen LogP contribution in [0.2, 0.25) is 0 Å². The number of hydrogen-bond acceptors (Lipinski definition) is 6. The number of ether oxygens (including phenoxy) is 1. The highest BCUT2D eigenvalue weighted by atomic mass is 32.2. The average Bonchev–Trinajstić information content (AvgIpc) is 3.24. The molecule has 2 N–H and O–H groups in total. The van der Waals surface area contributed by atoms with Crippen molar-refractivity contribution in [3.8, 4) is 0 Å². The Kier molecular flexibility index (Phi) is 9.22. The first kappa shape index (κ1) is 27.9. The first-order valence-corrected chi connectivity index (χ1v) is 14.4. The molecule has 0 saturated carbocycles. The summed E-state index contributed by atoms with van der Waals surface area (Å²) in [6.07, 6.45) is 3.27. The zero-order valence-corrected chi connectivity index (χ0v) is 23.3. The summed E-state index contributed by atoms with van der Waals surface area (Å²) < 4.78 is 18.5. The van der Waals surface area contributed by atoms with Gasteiger partial charge in [-0.25, -0.2) is 9.18 Å². The fourth-order valence-corrected chi connectivity index (χ4v) is 6.80. The standard InChI is InChI=1S/C29H31FN2O4S2/c1-4-23(37-21-8-6-7-20(16-21)31-26(33)18-10-12-19(30)13-11-18)27(34)32-28-25(29(35)36-5-2)22-14-9-17(3)15-24(22)38-28/h6-8,10-13,16-17,23H,4-5,9,14-15H2,1-3H3,(H,31,33)(H,32,34). The van der Waals surface area contributed by atoms with Gasteiger partial charge < -0.3 is 15.4 Å². The molecule has 1 aliphatic rings. The third kappa shape index (κ3) is 6.63. The van der Waals surface area contributed by atoms with Gasteiger partial charge >= 0.3 is 5.97 Å². The molecule has 0 fully saturated rings. The average molecular weight is 555 g/mol. The molecule has 6 nitrogen and oxygen atoms in total. The number of carbonyl (C=O) groups is 3. The van der Waals surface area contributed by atoms with Crippen molar-refractivity contribution >= 4 is 51.6 Å². The Morgan fingerprint density at radius 3 is 2.61 bits per heavy atom. The molecule has 4 rings (SSSR count). The van der Waals surface area contributed by atoms with Gasteiger partial charge in [0.25, 0.3) is 5.91 Å². The van der Waals surface area contributed by atoms with Gasteiger partial charge in [-0.05, 0) is 86.6 Å². The molecule has 2 amide bonds. The van der Waals surface area contributed by atoms with Crippen molar-refractivity contribution in [2.45, 2.75) is 56.6 Å². The second-order valence-electron chi connectivity index (χ2n) is 9.27. The lowest BCUT2D eigenvalue weighted by atomic mass is 9.88. The molecule has 1 heterocycles. The third-order valence-electron chi connectivity index (χ3n) is 6.37. The number of thioether (sulfide) groups is 1. The first-order chi connectivity index (χ1) is 18.3. The Balaban J connectivity index is 1.48. The fraction of sp³-hybridized carbons (Fsp3) is 0.345. The highest BCUT2D eigenvalue weighted by molar-refractivity contribution is 8.00. The number of amides is 2. The number of nitrogens with one attached hydrogen (secondary N) is 2. The molecule has 0 radical (unpaired) electrons. The largest absolute Gasteiger partial charge is 0.462 e. The Labute approximate surface area is 230 Å². The Bertz CT molecular complexity index is 1320. The summed E-state index contributed by atoms with van der Waals surface area (Å²) in [6, 6.07) is 12.6. The van der Waals surface area contributed by atoms with E-state index in [1.165, 1.54) is 47.4 Å². The van der Waals surface area contributed by atoms with Gasteiger partial charge in [0.1, 0.15) is 10.8 Å². The number of hydrogen-bond donors (Lipinski definition) is 2. The second kappa shape index (κ2) is 12.6. The van der Waals surface area contributed by atoms with E-state index < -0.39 is 11.1 Å². The summed E-state index contributed by atoms with van der Waals surface area (Å²) in [7, 11) is 0. The van der Waals surface area contributed by atoms with Crippen molar-refractivity contribution in [3.63, 3.8) is 0 Å². The zero-order valence-electron chi connectivity index (χ0n) is 21.6. The number of anilines is 2. The van der Waals surface area contributed by atoms with Crippen LogP contribution < -0.4 is 10.6 Å². The summed E-state index contributed by atoms with van der Waals surface area (Å²) in [6.45, 7) is 6.18. The molecule has 200 valence electrons. The van der Waals surface area contributed by atoms with Crippen molar-refractivity contribution < 1.29 is 23.5 Å². The predicted octanol–water partition coefficient (Wildman–Crippen LogP) is 6.95. The number of halogens is 1. The molecule has 2 unspecified atom stereocenters. The van der Waals surface area contributed by atoms with Gasteiger partial charge in [0.05, 0.1) is 17.4 Å². The van der Waals surface area contributed by atoms with Crippen LogP contribution in [0.25, 0.3) is 0 Å². The van der Waals surface area contributed by atoms with Crippen molar-refractivity contribution in [2.75, 3.05) is 17.2 Å². The van der Waals surface area contributed by atoms with E-state index in [-0.39, 0.29) is 24.4 Å². The molecule has 0 saturated heterocycles. The molecule has 1 aliphatic carbocycles. The van der Waals surface area contributed by atoms with Crippen LogP contribution in [0.3, 0.4) is 0 Å². The van der Waals surface area contributed by atoms with Gasteiger partial charge in [0, 0.05) is 21.0 Å². The monoisotopic (exact) mass is 554 g/mol. The number of esters is 1. The molecule has 0 spiro atoms. The Morgan fingerprint density at radius 2 is 1.89 bits per heavy atom. The number of carbonyl (C=O) groups excluding carboxylic acids is 3. The summed E-state index contributed by atoms with van der Waals surface area (Å²) in [5.41, 5.74) is 2.43. The summed E-state index contributed by atoms with van der Waals surface area (Å²) >= 11 is 2.87. The van der Waals surface area contributed by atoms with Crippen molar-refractivity contribution in [1.29, 1.82) is 0 Å². The normalized spacial score (nSPS) is 15.3. The molecule has 2 atom stereocenters. The fourth-order valence-electron chi connectivity index (χ4n) is 4.39. The van der Waals surface area contributed by atoms with E-state index in [9.17, 15) is 18.8 Å². The molecule has 9 heteroatoms.